The zero-order valence-corrected chi connectivity index (χ0v) is 14.3. The molecule has 1 aromatic carbocycles. The van der Waals surface area contributed by atoms with Gasteiger partial charge in [0.25, 0.3) is 0 Å². The molecule has 0 saturated heterocycles. The number of halogens is 3. The van der Waals surface area contributed by atoms with Crippen LogP contribution in [0.4, 0.5) is 13.2 Å². The van der Waals surface area contributed by atoms with Crippen molar-refractivity contribution < 1.29 is 46.5 Å². The molecule has 1 aliphatic heterocycles. The molecule has 27 heavy (non-hydrogen) atoms. The van der Waals surface area contributed by atoms with Crippen molar-refractivity contribution in [3.63, 3.8) is 0 Å². The summed E-state index contributed by atoms with van der Waals surface area (Å²) >= 11 is 0. The molecule has 0 aliphatic carbocycles. The lowest BCUT2D eigenvalue weighted by atomic mass is 10.1. The van der Waals surface area contributed by atoms with Crippen molar-refractivity contribution in [3.05, 3.63) is 29.3 Å². The quantitative estimate of drug-likeness (QED) is 0.320. The Hall–Kier alpha value is -3.04. The van der Waals surface area contributed by atoms with Crippen LogP contribution < -0.4 is 9.47 Å². The zero-order valence-electron chi connectivity index (χ0n) is 14.3. The van der Waals surface area contributed by atoms with Gasteiger partial charge in [-0.25, -0.2) is 4.79 Å². The molecule has 1 aliphatic rings. The van der Waals surface area contributed by atoms with Crippen LogP contribution in [0.2, 0.25) is 0 Å². The Labute approximate surface area is 151 Å². The Bertz CT molecular complexity index is 789. The Balaban J connectivity index is 2.43. The number of alkyl halides is 3. The monoisotopic (exact) mass is 388 g/mol. The molecule has 1 heterocycles. The predicted molar refractivity (Wildman–Crippen MR) is 83.8 cm³/mol. The van der Waals surface area contributed by atoms with Crippen LogP contribution >= 0.6 is 0 Å². The van der Waals surface area contributed by atoms with E-state index in [0.29, 0.717) is 0 Å². The number of fused-ring (bicyclic) bond motifs is 1. The topological polar surface area (TPSA) is 88.1 Å². The van der Waals surface area contributed by atoms with Crippen molar-refractivity contribution in [3.8, 4) is 11.5 Å². The van der Waals surface area contributed by atoms with Gasteiger partial charge in [0.1, 0.15) is 5.57 Å². The molecule has 1 aromatic rings. The highest BCUT2D eigenvalue weighted by molar-refractivity contribution is 6.21. The van der Waals surface area contributed by atoms with Crippen LogP contribution in [-0.4, -0.2) is 43.4 Å². The smallest absolute Gasteiger partial charge is 0.462 e. The number of benzene rings is 1. The van der Waals surface area contributed by atoms with Crippen molar-refractivity contribution >= 4 is 23.8 Å². The van der Waals surface area contributed by atoms with E-state index < -0.39 is 53.9 Å². The lowest BCUT2D eigenvalue weighted by molar-refractivity contribution is -0.281. The third-order valence-corrected chi connectivity index (χ3v) is 3.24. The maximum Gasteiger partial charge on any atom is 0.468 e. The van der Waals surface area contributed by atoms with Crippen LogP contribution in [0, 0.1) is 0 Å². The fraction of sp³-hybridized carbons (Fsp3) is 0.353. The van der Waals surface area contributed by atoms with Gasteiger partial charge in [-0.1, -0.05) is 12.1 Å². The highest BCUT2D eigenvalue weighted by Gasteiger charge is 2.50. The van der Waals surface area contributed by atoms with E-state index >= 15 is 0 Å². The molecule has 1 unspecified atom stereocenters. The molecular formula is C17H15F3O7. The fourth-order valence-electron chi connectivity index (χ4n) is 2.08. The largest absolute Gasteiger partial charge is 0.468 e. The summed E-state index contributed by atoms with van der Waals surface area (Å²) < 4.78 is 58.2. The lowest BCUT2D eigenvalue weighted by Crippen LogP contribution is -2.43. The van der Waals surface area contributed by atoms with E-state index in [1.165, 1.54) is 19.1 Å². The molecule has 10 heteroatoms. The number of ketones is 1. The summed E-state index contributed by atoms with van der Waals surface area (Å²) in [5, 5.41) is 0. The first-order valence-electron chi connectivity index (χ1n) is 7.71. The number of Topliss-reactive ketones (excluding diaryl/α,β-unsaturated/α-hetero) is 1. The van der Waals surface area contributed by atoms with E-state index in [2.05, 4.69) is 14.2 Å². The van der Waals surface area contributed by atoms with Gasteiger partial charge in [-0.05, 0) is 19.1 Å². The maximum absolute atomic E-state index is 13.5. The van der Waals surface area contributed by atoms with Crippen molar-refractivity contribution in [2.45, 2.75) is 26.3 Å². The minimum Gasteiger partial charge on any atom is -0.462 e. The van der Waals surface area contributed by atoms with Crippen LogP contribution in [0.1, 0.15) is 19.4 Å². The van der Waals surface area contributed by atoms with Crippen LogP contribution in [-0.2, 0) is 23.9 Å². The van der Waals surface area contributed by atoms with Crippen molar-refractivity contribution in [2.24, 2.45) is 0 Å². The molecule has 0 saturated carbocycles. The van der Waals surface area contributed by atoms with Gasteiger partial charge in [0.15, 0.2) is 18.1 Å². The van der Waals surface area contributed by atoms with Gasteiger partial charge >= 0.3 is 24.4 Å². The van der Waals surface area contributed by atoms with E-state index in [1.54, 1.807) is 0 Å². The summed E-state index contributed by atoms with van der Waals surface area (Å²) in [5.74, 6) is -3.58. The highest BCUT2D eigenvalue weighted by Crippen LogP contribution is 2.43. The van der Waals surface area contributed by atoms with E-state index in [9.17, 15) is 27.6 Å². The van der Waals surface area contributed by atoms with Crippen LogP contribution in [0.5, 0.6) is 11.5 Å². The first kappa shape index (κ1) is 20.3. The Kier molecular flexibility index (Phi) is 6.09. The van der Waals surface area contributed by atoms with E-state index in [1.807, 2.05) is 0 Å². The fourth-order valence-corrected chi connectivity index (χ4v) is 2.08. The molecule has 0 aromatic heterocycles. The Morgan fingerprint density at radius 2 is 1.96 bits per heavy atom. The molecule has 0 bridgehead atoms. The minimum atomic E-state index is -4.19. The summed E-state index contributed by atoms with van der Waals surface area (Å²) in [6.45, 7) is 1.78. The van der Waals surface area contributed by atoms with Crippen LogP contribution in [0.3, 0.4) is 0 Å². The normalized spacial score (nSPS) is 17.8. The number of hydrogen-bond acceptors (Lipinski definition) is 7. The third-order valence-electron chi connectivity index (χ3n) is 3.24. The summed E-state index contributed by atoms with van der Waals surface area (Å²) in [5.41, 5.74) is -0.618. The Morgan fingerprint density at radius 3 is 2.59 bits per heavy atom. The minimum absolute atomic E-state index is 0.0533. The number of esters is 2. The maximum atomic E-state index is 13.5. The average Bonchev–Trinajstić information content (AvgIpc) is 2.58. The summed E-state index contributed by atoms with van der Waals surface area (Å²) in [7, 11) is 0. The number of carbonyl (C=O) groups excluding carboxylic acids is 3. The molecule has 0 radical (unpaired) electrons. The average molecular weight is 388 g/mol. The highest BCUT2D eigenvalue weighted by atomic mass is 19.3. The second-order valence-corrected chi connectivity index (χ2v) is 5.25. The van der Waals surface area contributed by atoms with Gasteiger partial charge in [0.2, 0.25) is 5.78 Å². The second kappa shape index (κ2) is 8.11. The van der Waals surface area contributed by atoms with Crippen LogP contribution in [0.25, 0.3) is 6.08 Å². The zero-order chi connectivity index (χ0) is 20.2. The van der Waals surface area contributed by atoms with Gasteiger partial charge < -0.3 is 18.9 Å². The molecule has 2 rings (SSSR count). The van der Waals surface area contributed by atoms with Gasteiger partial charge in [0.05, 0.1) is 6.61 Å². The number of ether oxygens (including phenoxy) is 4. The van der Waals surface area contributed by atoms with Gasteiger partial charge in [-0.15, -0.1) is 0 Å². The Morgan fingerprint density at radius 1 is 1.26 bits per heavy atom. The number of hydrogen-bond donors (Lipinski definition) is 0. The second-order valence-electron chi connectivity index (χ2n) is 5.25. The predicted octanol–water partition coefficient (Wildman–Crippen LogP) is 2.42. The molecule has 7 nitrogen and oxygen atoms in total. The van der Waals surface area contributed by atoms with E-state index in [0.717, 1.165) is 19.1 Å². The van der Waals surface area contributed by atoms with Gasteiger partial charge in [-0.2, -0.15) is 13.2 Å². The summed E-state index contributed by atoms with van der Waals surface area (Å²) in [6, 6.07) is 3.68. The molecule has 146 valence electrons. The first-order valence-corrected chi connectivity index (χ1v) is 7.71. The lowest BCUT2D eigenvalue weighted by Gasteiger charge is -2.29. The SMILES string of the molecule is CCOC(=O)C(=Cc1cccc2c1OC(F)C(F)(F)O2)C(=O)COC(C)=O. The number of carbonyl (C=O) groups is 3. The van der Waals surface area contributed by atoms with Gasteiger partial charge in [0, 0.05) is 12.5 Å². The first-order chi connectivity index (χ1) is 12.7. The number of para-hydroxylation sites is 1. The molecule has 1 atom stereocenters. The summed E-state index contributed by atoms with van der Waals surface area (Å²) in [6.07, 6.45) is -6.31. The van der Waals surface area contributed by atoms with Crippen molar-refractivity contribution in [2.75, 3.05) is 13.2 Å². The van der Waals surface area contributed by atoms with Crippen molar-refractivity contribution in [1.82, 2.24) is 0 Å². The van der Waals surface area contributed by atoms with Crippen LogP contribution in [0.15, 0.2) is 23.8 Å². The van der Waals surface area contributed by atoms with E-state index in [4.69, 9.17) is 4.74 Å². The molecule has 0 N–H and O–H groups in total. The standard InChI is InChI=1S/C17H15F3O7/c1-3-24-15(23)11(12(22)8-25-9(2)21)7-10-5-4-6-13-14(10)26-16(18)17(19,20)27-13/h4-7,16H,3,8H2,1-2H3. The molecule has 0 spiro atoms. The van der Waals surface area contributed by atoms with Gasteiger partial charge in [-0.3, -0.25) is 9.59 Å². The third kappa shape index (κ3) is 4.78. The molecule has 0 amide bonds. The molecule has 0 fully saturated rings. The number of rotatable bonds is 6. The van der Waals surface area contributed by atoms with E-state index in [-0.39, 0.29) is 12.2 Å². The van der Waals surface area contributed by atoms with Crippen molar-refractivity contribution in [1.29, 1.82) is 0 Å². The molecular weight excluding hydrogens is 373 g/mol. The summed E-state index contributed by atoms with van der Waals surface area (Å²) in [4.78, 5) is 35.1.